The van der Waals surface area contributed by atoms with Gasteiger partial charge in [-0.25, -0.2) is 9.07 Å². The van der Waals surface area contributed by atoms with Crippen LogP contribution in [0, 0.1) is 5.82 Å². The first-order valence-electron chi connectivity index (χ1n) is 9.84. The number of anilines is 1. The van der Waals surface area contributed by atoms with Crippen LogP contribution < -0.4 is 10.6 Å². The maximum absolute atomic E-state index is 13.2. The number of carbonyl (C=O) groups is 2. The third kappa shape index (κ3) is 4.61. The van der Waals surface area contributed by atoms with Crippen molar-refractivity contribution in [3.8, 4) is 5.69 Å². The van der Waals surface area contributed by atoms with Crippen LogP contribution in [-0.2, 0) is 11.3 Å². The minimum Gasteiger partial charge on any atom is -0.378 e. The van der Waals surface area contributed by atoms with Crippen LogP contribution in [0.5, 0.6) is 0 Å². The summed E-state index contributed by atoms with van der Waals surface area (Å²) in [5.74, 6) is -0.486. The maximum Gasteiger partial charge on any atom is 0.252 e. The van der Waals surface area contributed by atoms with Gasteiger partial charge < -0.3 is 10.6 Å². The second-order valence-electron chi connectivity index (χ2n) is 7.21. The first-order chi connectivity index (χ1) is 15.0. The van der Waals surface area contributed by atoms with Gasteiger partial charge in [0.15, 0.2) is 0 Å². The highest BCUT2D eigenvalue weighted by Crippen LogP contribution is 2.22. The fourth-order valence-corrected chi connectivity index (χ4v) is 3.33. The number of Topliss-reactive ketones (excluding diaryl/α,β-unsaturated/α-hetero) is 1. The van der Waals surface area contributed by atoms with E-state index in [9.17, 15) is 14.0 Å². The third-order valence-corrected chi connectivity index (χ3v) is 4.85. The van der Waals surface area contributed by atoms with E-state index in [2.05, 4.69) is 15.7 Å². The Morgan fingerprint density at radius 3 is 2.58 bits per heavy atom. The number of benzene rings is 3. The molecule has 0 aliphatic heterocycles. The van der Waals surface area contributed by atoms with Crippen molar-refractivity contribution in [1.82, 2.24) is 15.1 Å². The van der Waals surface area contributed by atoms with E-state index in [1.54, 1.807) is 35.1 Å². The van der Waals surface area contributed by atoms with E-state index in [1.165, 1.54) is 19.1 Å². The molecule has 156 valence electrons. The zero-order valence-electron chi connectivity index (χ0n) is 16.9. The van der Waals surface area contributed by atoms with Crippen molar-refractivity contribution < 1.29 is 14.0 Å². The van der Waals surface area contributed by atoms with Crippen LogP contribution in [0.15, 0.2) is 72.9 Å². The number of ketones is 1. The van der Waals surface area contributed by atoms with Crippen molar-refractivity contribution in [2.45, 2.75) is 13.5 Å². The summed E-state index contributed by atoms with van der Waals surface area (Å²) in [5, 5.41) is 11.1. The lowest BCUT2D eigenvalue weighted by Crippen LogP contribution is -2.23. The van der Waals surface area contributed by atoms with Crippen molar-refractivity contribution in [1.29, 1.82) is 0 Å². The van der Waals surface area contributed by atoms with E-state index in [1.807, 2.05) is 30.3 Å². The molecule has 2 N–H and O–H groups in total. The number of hydrogen-bond acceptors (Lipinski definition) is 4. The zero-order chi connectivity index (χ0) is 21.8. The minimum absolute atomic E-state index is 0.0491. The van der Waals surface area contributed by atoms with E-state index in [0.29, 0.717) is 23.2 Å². The van der Waals surface area contributed by atoms with Crippen LogP contribution in [-0.4, -0.2) is 28.0 Å². The first-order valence-corrected chi connectivity index (χ1v) is 9.84. The zero-order valence-corrected chi connectivity index (χ0v) is 16.9. The van der Waals surface area contributed by atoms with Crippen molar-refractivity contribution in [2.24, 2.45) is 0 Å². The summed E-state index contributed by atoms with van der Waals surface area (Å²) in [6.45, 7) is 2.13. The predicted molar refractivity (Wildman–Crippen MR) is 118 cm³/mol. The number of nitrogens with zero attached hydrogens (tertiary/aromatic N) is 2. The molecule has 0 aliphatic rings. The molecule has 3 aromatic carbocycles. The van der Waals surface area contributed by atoms with Gasteiger partial charge in [0.2, 0.25) is 0 Å². The summed E-state index contributed by atoms with van der Waals surface area (Å²) in [4.78, 5) is 24.0. The van der Waals surface area contributed by atoms with E-state index >= 15 is 0 Å². The van der Waals surface area contributed by atoms with Gasteiger partial charge in [-0.2, -0.15) is 5.10 Å². The van der Waals surface area contributed by atoms with Crippen molar-refractivity contribution in [2.75, 3.05) is 11.9 Å². The molecular formula is C24H21FN4O2. The molecule has 31 heavy (non-hydrogen) atoms. The molecule has 0 bridgehead atoms. The van der Waals surface area contributed by atoms with Gasteiger partial charge in [-0.15, -0.1) is 0 Å². The molecule has 4 rings (SSSR count). The standard InChI is InChI=1S/C24H21FN4O2/c1-16(30)13-26-19-5-2-4-17(12-19)14-27-24(31)21-6-3-7-23-22(21)15-28-29(23)20-10-8-18(25)9-11-20/h2-12,15,26H,13-14H2,1H3,(H,27,31). The van der Waals surface area contributed by atoms with Gasteiger partial charge in [-0.05, 0) is 61.0 Å². The van der Waals surface area contributed by atoms with Gasteiger partial charge in [0.1, 0.15) is 11.6 Å². The van der Waals surface area contributed by atoms with E-state index in [4.69, 9.17) is 0 Å². The number of hydrogen-bond donors (Lipinski definition) is 2. The van der Waals surface area contributed by atoms with Crippen molar-refractivity contribution in [3.05, 3.63) is 89.9 Å². The third-order valence-electron chi connectivity index (χ3n) is 4.85. The molecule has 4 aromatic rings. The fourth-order valence-electron chi connectivity index (χ4n) is 3.33. The van der Waals surface area contributed by atoms with E-state index < -0.39 is 0 Å². The maximum atomic E-state index is 13.2. The fraction of sp³-hybridized carbons (Fsp3) is 0.125. The van der Waals surface area contributed by atoms with Crippen LogP contribution in [0.3, 0.4) is 0 Å². The molecule has 0 saturated carbocycles. The number of rotatable bonds is 7. The lowest BCUT2D eigenvalue weighted by molar-refractivity contribution is -0.115. The quantitative estimate of drug-likeness (QED) is 0.476. The predicted octanol–water partition coefficient (Wildman–Crippen LogP) is 4.10. The Labute approximate surface area is 178 Å². The average molecular weight is 416 g/mol. The van der Waals surface area contributed by atoms with Gasteiger partial charge in [0.25, 0.3) is 5.91 Å². The summed E-state index contributed by atoms with van der Waals surface area (Å²) < 4.78 is 14.9. The highest BCUT2D eigenvalue weighted by atomic mass is 19.1. The van der Waals surface area contributed by atoms with Crippen LogP contribution in [0.4, 0.5) is 10.1 Å². The van der Waals surface area contributed by atoms with Gasteiger partial charge in [0, 0.05) is 17.6 Å². The van der Waals surface area contributed by atoms with Crippen LogP contribution in [0.25, 0.3) is 16.6 Å². The topological polar surface area (TPSA) is 76.0 Å². The smallest absolute Gasteiger partial charge is 0.252 e. The minimum atomic E-state index is -0.319. The van der Waals surface area contributed by atoms with Gasteiger partial charge in [-0.3, -0.25) is 9.59 Å². The van der Waals surface area contributed by atoms with Crippen molar-refractivity contribution in [3.63, 3.8) is 0 Å². The average Bonchev–Trinajstić information content (AvgIpc) is 3.21. The van der Waals surface area contributed by atoms with Gasteiger partial charge in [-0.1, -0.05) is 18.2 Å². The second kappa shape index (κ2) is 8.79. The molecule has 0 spiro atoms. The second-order valence-corrected chi connectivity index (χ2v) is 7.21. The summed E-state index contributed by atoms with van der Waals surface area (Å²) >= 11 is 0. The highest BCUT2D eigenvalue weighted by molar-refractivity contribution is 6.06. The number of halogens is 1. The molecular weight excluding hydrogens is 395 g/mol. The molecule has 0 saturated heterocycles. The Morgan fingerprint density at radius 1 is 1.03 bits per heavy atom. The Hall–Kier alpha value is -4.00. The molecule has 6 nitrogen and oxygen atoms in total. The van der Waals surface area contributed by atoms with Crippen LogP contribution in [0.1, 0.15) is 22.8 Å². The van der Waals surface area contributed by atoms with E-state index in [0.717, 1.165) is 16.8 Å². The number of aromatic nitrogens is 2. The van der Waals surface area contributed by atoms with Gasteiger partial charge in [0.05, 0.1) is 29.5 Å². The summed E-state index contributed by atoms with van der Waals surface area (Å²) in [5.41, 5.74) is 3.72. The molecule has 1 heterocycles. The SMILES string of the molecule is CC(=O)CNc1cccc(CNC(=O)c2cccc3c2cnn3-c2ccc(F)cc2)c1. The summed E-state index contributed by atoms with van der Waals surface area (Å²) in [6.07, 6.45) is 1.64. The van der Waals surface area contributed by atoms with Crippen molar-refractivity contribution >= 4 is 28.3 Å². The molecule has 0 atom stereocenters. The lowest BCUT2D eigenvalue weighted by Gasteiger charge is -2.09. The van der Waals surface area contributed by atoms with Crippen LogP contribution in [0.2, 0.25) is 0 Å². The summed E-state index contributed by atoms with van der Waals surface area (Å²) in [7, 11) is 0. The normalized spacial score (nSPS) is 10.8. The lowest BCUT2D eigenvalue weighted by atomic mass is 10.1. The largest absolute Gasteiger partial charge is 0.378 e. The van der Waals surface area contributed by atoms with Gasteiger partial charge >= 0.3 is 0 Å². The van der Waals surface area contributed by atoms with E-state index in [-0.39, 0.29) is 24.1 Å². The highest BCUT2D eigenvalue weighted by Gasteiger charge is 2.14. The summed E-state index contributed by atoms with van der Waals surface area (Å²) in [6, 6.07) is 19.0. The number of amides is 1. The Bertz CT molecular complexity index is 1250. The van der Waals surface area contributed by atoms with Crippen LogP contribution >= 0.6 is 0 Å². The first kappa shape index (κ1) is 20.3. The molecule has 0 radical (unpaired) electrons. The molecule has 0 aliphatic carbocycles. The number of nitrogens with one attached hydrogen (secondary N) is 2. The molecule has 1 amide bonds. The molecule has 0 fully saturated rings. The molecule has 0 unspecified atom stereocenters. The monoisotopic (exact) mass is 416 g/mol. The Morgan fingerprint density at radius 2 is 1.81 bits per heavy atom. The number of fused-ring (bicyclic) bond motifs is 1. The molecule has 1 aromatic heterocycles. The Kier molecular flexibility index (Phi) is 5.75. The molecule has 7 heteroatoms. The number of carbonyl (C=O) groups excluding carboxylic acids is 2. The Balaban J connectivity index is 1.52.